The van der Waals surface area contributed by atoms with Gasteiger partial charge in [0.05, 0.1) is 24.1 Å². The zero-order valence-electron chi connectivity index (χ0n) is 26.8. The van der Waals surface area contributed by atoms with E-state index in [0.717, 1.165) is 10.5 Å². The van der Waals surface area contributed by atoms with Gasteiger partial charge in [-0.05, 0) is 55.9 Å². The number of halogens is 7. The quantitative estimate of drug-likeness (QED) is 0.0742. The maximum atomic E-state index is 15.3. The summed E-state index contributed by atoms with van der Waals surface area (Å²) in [4.78, 5) is 52.2. The van der Waals surface area contributed by atoms with Crippen LogP contribution in [-0.2, 0) is 25.6 Å². The topological polar surface area (TPSA) is 104 Å². The number of aromatic hydroxyl groups is 1. The smallest absolute Gasteiger partial charge is 0.258 e. The first kappa shape index (κ1) is 34.9. The fourth-order valence-corrected chi connectivity index (χ4v) is 9.02. The Hall–Kier alpha value is -4.49. The highest BCUT2D eigenvalue weighted by atomic mass is 35.5. The van der Waals surface area contributed by atoms with Crippen molar-refractivity contribution in [2.24, 2.45) is 17.8 Å². The van der Waals surface area contributed by atoms with Crippen LogP contribution in [0.2, 0.25) is 0 Å². The predicted molar refractivity (Wildman–Crippen MR) is 174 cm³/mol. The number of nitrogens with zero attached hydrogens (tertiary/aromatic N) is 2. The summed E-state index contributed by atoms with van der Waals surface area (Å²) >= 11 is 14.3. The van der Waals surface area contributed by atoms with E-state index in [0.29, 0.717) is 12.1 Å². The second kappa shape index (κ2) is 12.0. The van der Waals surface area contributed by atoms with Crippen LogP contribution in [0.15, 0.2) is 54.1 Å². The molecule has 0 radical (unpaired) electrons. The Morgan fingerprint density at radius 1 is 0.824 bits per heavy atom. The molecule has 0 unspecified atom stereocenters. The van der Waals surface area contributed by atoms with E-state index < -0.39 is 104 Å². The molecule has 15 heteroatoms. The van der Waals surface area contributed by atoms with Crippen molar-refractivity contribution in [3.8, 4) is 11.5 Å². The zero-order valence-corrected chi connectivity index (χ0v) is 28.3. The fraction of sp³-hybridized carbons (Fsp3) is 0.333. The Morgan fingerprint density at radius 2 is 1.45 bits per heavy atom. The third kappa shape index (κ3) is 4.56. The SMILES string of the molecule is CCOc1cccc([C@H]2C3=CC[C@@H]4C(=O)N(c5ccc(CC)cc5)C(=O)[C@@H]4[C@@H]3C[C@@]3(Cl)C(=O)N(c4c(F)c(F)c(F)c(F)c4F)C(=O)[C@@]23Cl)c1O. The van der Waals surface area contributed by atoms with Crippen molar-refractivity contribution in [2.45, 2.75) is 48.8 Å². The monoisotopic (exact) mass is 748 g/mol. The van der Waals surface area contributed by atoms with E-state index in [1.807, 2.05) is 6.92 Å². The van der Waals surface area contributed by atoms with Crippen LogP contribution in [0.3, 0.4) is 0 Å². The molecule has 51 heavy (non-hydrogen) atoms. The van der Waals surface area contributed by atoms with Crippen molar-refractivity contribution in [3.63, 3.8) is 0 Å². The number of ether oxygens (including phenoxy) is 1. The third-order valence-electron chi connectivity index (χ3n) is 10.5. The number of allylic oxidation sites excluding steroid dienone is 2. The Morgan fingerprint density at radius 3 is 2.06 bits per heavy atom. The number of amides is 4. The summed E-state index contributed by atoms with van der Waals surface area (Å²) in [7, 11) is 0. The van der Waals surface area contributed by atoms with Crippen molar-refractivity contribution in [2.75, 3.05) is 16.4 Å². The molecule has 7 rings (SSSR count). The standard InChI is InChI=1S/C36H27Cl2F5N2O6/c1-3-15-8-10-16(11-9-15)44-31(47)18-13-12-17-20(22(18)32(44)48)14-35(37)33(49)45(29-27(42)25(40)24(39)26(41)28(29)43)34(50)36(35,38)23(17)19-6-5-7-21(30(19)46)51-4-2/h5-12,18,20,22-23,46H,3-4,13-14H2,1-2H3/t18-,20+,22-,23+,35+,36-/m0/s1. The molecule has 2 aliphatic carbocycles. The number of aryl methyl sites for hydroxylation is 1. The van der Waals surface area contributed by atoms with Gasteiger partial charge in [-0.25, -0.2) is 26.9 Å². The second-order valence-corrected chi connectivity index (χ2v) is 14.1. The van der Waals surface area contributed by atoms with Gasteiger partial charge in [0.1, 0.15) is 5.69 Å². The number of carbonyl (C=O) groups excluding carboxylic acids is 4. The summed E-state index contributed by atoms with van der Waals surface area (Å²) in [5, 5.41) is 11.5. The van der Waals surface area contributed by atoms with E-state index in [1.165, 1.54) is 18.2 Å². The Balaban J connectivity index is 1.43. The number of benzene rings is 3. The van der Waals surface area contributed by atoms with Gasteiger partial charge in [0.15, 0.2) is 44.5 Å². The molecule has 0 aromatic heterocycles. The van der Waals surface area contributed by atoms with Crippen molar-refractivity contribution >= 4 is 58.2 Å². The van der Waals surface area contributed by atoms with Crippen LogP contribution < -0.4 is 14.5 Å². The maximum absolute atomic E-state index is 15.3. The summed E-state index contributed by atoms with van der Waals surface area (Å²) in [5.41, 5.74) is -0.570. The average molecular weight is 750 g/mol. The first-order valence-electron chi connectivity index (χ1n) is 16.0. The summed E-state index contributed by atoms with van der Waals surface area (Å²) in [5.74, 6) is -22.3. The molecule has 2 aliphatic heterocycles. The number of hydrogen-bond donors (Lipinski definition) is 1. The van der Waals surface area contributed by atoms with Crippen molar-refractivity contribution in [1.29, 1.82) is 0 Å². The number of imide groups is 2. The molecule has 3 aromatic carbocycles. The minimum Gasteiger partial charge on any atom is -0.504 e. The summed E-state index contributed by atoms with van der Waals surface area (Å²) in [6, 6.07) is 10.9. The van der Waals surface area contributed by atoms with Gasteiger partial charge in [-0.3, -0.25) is 24.1 Å². The number of rotatable bonds is 6. The van der Waals surface area contributed by atoms with E-state index in [1.54, 1.807) is 37.3 Å². The predicted octanol–water partition coefficient (Wildman–Crippen LogP) is 6.82. The third-order valence-corrected chi connectivity index (χ3v) is 11.9. The van der Waals surface area contributed by atoms with Crippen molar-refractivity contribution in [1.82, 2.24) is 0 Å². The fourth-order valence-electron chi connectivity index (χ4n) is 8.09. The van der Waals surface area contributed by atoms with Crippen LogP contribution >= 0.6 is 23.2 Å². The average Bonchev–Trinajstić information content (AvgIpc) is 3.46. The van der Waals surface area contributed by atoms with Crippen LogP contribution in [0, 0.1) is 46.8 Å². The van der Waals surface area contributed by atoms with Gasteiger partial charge in [-0.1, -0.05) is 42.8 Å². The van der Waals surface area contributed by atoms with Gasteiger partial charge >= 0.3 is 0 Å². The van der Waals surface area contributed by atoms with E-state index in [4.69, 9.17) is 27.9 Å². The van der Waals surface area contributed by atoms with Crippen molar-refractivity contribution in [3.05, 3.63) is 94.3 Å². The molecule has 2 heterocycles. The van der Waals surface area contributed by atoms with Gasteiger partial charge < -0.3 is 9.84 Å². The zero-order chi connectivity index (χ0) is 36.9. The summed E-state index contributed by atoms with van der Waals surface area (Å²) in [6.45, 7) is 3.65. The number of anilines is 2. The second-order valence-electron chi connectivity index (χ2n) is 12.9. The highest BCUT2D eigenvalue weighted by Crippen LogP contribution is 2.67. The Bertz CT molecular complexity index is 2070. The minimum absolute atomic E-state index is 0.0429. The van der Waals surface area contributed by atoms with Gasteiger partial charge in [-0.15, -0.1) is 23.2 Å². The van der Waals surface area contributed by atoms with E-state index in [9.17, 15) is 37.5 Å². The number of phenols is 1. The minimum atomic E-state index is -2.77. The molecule has 4 amide bonds. The van der Waals surface area contributed by atoms with Crippen LogP contribution in [-0.4, -0.2) is 45.1 Å². The molecule has 8 nitrogen and oxygen atoms in total. The molecule has 3 aromatic rings. The highest BCUT2D eigenvalue weighted by molar-refractivity contribution is 6.58. The molecule has 0 spiro atoms. The molecule has 1 N–H and O–H groups in total. The van der Waals surface area contributed by atoms with Gasteiger partial charge in [0.2, 0.25) is 17.6 Å². The first-order chi connectivity index (χ1) is 24.1. The van der Waals surface area contributed by atoms with Crippen LogP contribution in [0.4, 0.5) is 33.3 Å². The number of phenolic OH excluding ortho intramolecular Hbond substituents is 1. The number of fused-ring (bicyclic) bond motifs is 4. The lowest BCUT2D eigenvalue weighted by atomic mass is 9.56. The number of carbonyl (C=O) groups is 4. The summed E-state index contributed by atoms with van der Waals surface area (Å²) in [6.07, 6.45) is 1.55. The van der Waals surface area contributed by atoms with Gasteiger partial charge in [-0.2, -0.15) is 0 Å². The summed E-state index contributed by atoms with van der Waals surface area (Å²) < 4.78 is 79.0. The molecule has 6 atom stereocenters. The first-order valence-corrected chi connectivity index (χ1v) is 16.8. The Kier molecular flexibility index (Phi) is 8.25. The Labute approximate surface area is 297 Å². The largest absolute Gasteiger partial charge is 0.504 e. The van der Waals surface area contributed by atoms with Crippen LogP contribution in [0.1, 0.15) is 43.7 Å². The van der Waals surface area contributed by atoms with Crippen molar-refractivity contribution < 1.29 is 51.0 Å². The van der Waals surface area contributed by atoms with E-state index in [2.05, 4.69) is 0 Å². The maximum Gasteiger partial charge on any atom is 0.258 e. The van der Waals surface area contributed by atoms with Crippen LogP contribution in [0.5, 0.6) is 11.5 Å². The van der Waals surface area contributed by atoms with Crippen LogP contribution in [0.25, 0.3) is 0 Å². The lowest BCUT2D eigenvalue weighted by molar-refractivity contribution is -0.125. The lowest BCUT2D eigenvalue weighted by Gasteiger charge is -2.50. The highest BCUT2D eigenvalue weighted by Gasteiger charge is 2.77. The molecular weight excluding hydrogens is 722 g/mol. The van der Waals surface area contributed by atoms with E-state index >= 15 is 8.78 Å². The molecule has 4 aliphatic rings. The van der Waals surface area contributed by atoms with Gasteiger partial charge in [0.25, 0.3) is 11.8 Å². The van der Waals surface area contributed by atoms with Gasteiger partial charge in [0, 0.05) is 11.5 Å². The lowest BCUT2D eigenvalue weighted by Crippen LogP contribution is -2.60. The molecule has 1 saturated carbocycles. The number of alkyl halides is 2. The molecule has 2 saturated heterocycles. The molecule has 3 fully saturated rings. The molecule has 266 valence electrons. The molecule has 0 bridgehead atoms. The number of para-hydroxylation sites is 1. The normalized spacial score (nSPS) is 28.5. The number of hydrogen-bond acceptors (Lipinski definition) is 6. The van der Waals surface area contributed by atoms with E-state index in [-0.39, 0.29) is 34.8 Å². The molecular formula is C36H27Cl2F5N2O6.